The van der Waals surface area contributed by atoms with Gasteiger partial charge in [-0.3, -0.25) is 4.79 Å². The summed E-state index contributed by atoms with van der Waals surface area (Å²) in [5.41, 5.74) is 1.49. The van der Waals surface area contributed by atoms with Crippen molar-refractivity contribution in [1.82, 2.24) is 0 Å². The molecule has 0 unspecified atom stereocenters. The molecule has 0 atom stereocenters. The Morgan fingerprint density at radius 1 is 1.07 bits per heavy atom. The van der Waals surface area contributed by atoms with E-state index < -0.39 is 15.6 Å². The lowest BCUT2D eigenvalue weighted by Crippen LogP contribution is -2.12. The average molecular weight is 386 g/mol. The van der Waals surface area contributed by atoms with Crippen molar-refractivity contribution >= 4 is 21.4 Å². The lowest BCUT2D eigenvalue weighted by atomic mass is 10.1. The summed E-state index contributed by atoms with van der Waals surface area (Å²) >= 11 is 0. The van der Waals surface area contributed by atoms with E-state index in [1.807, 2.05) is 0 Å². The molecule has 8 heteroatoms. The molecular formula is C19H18N2O5S. The van der Waals surface area contributed by atoms with Crippen molar-refractivity contribution in [2.75, 3.05) is 24.3 Å². The molecule has 27 heavy (non-hydrogen) atoms. The Hall–Kier alpha value is -3.05. The molecule has 1 N–H and O–H groups in total. The minimum absolute atomic E-state index is 0.232. The number of rotatable bonds is 5. The first-order valence-electron chi connectivity index (χ1n) is 8.34. The fourth-order valence-electron chi connectivity index (χ4n) is 2.60. The van der Waals surface area contributed by atoms with E-state index in [-0.39, 0.29) is 11.7 Å². The van der Waals surface area contributed by atoms with Crippen LogP contribution in [0.2, 0.25) is 0 Å². The molecule has 2 aromatic rings. The smallest absolute Gasteiger partial charge is 0.255 e. The van der Waals surface area contributed by atoms with Gasteiger partial charge in [-0.15, -0.1) is 0 Å². The first-order valence-corrected chi connectivity index (χ1v) is 10.2. The first kappa shape index (κ1) is 18.7. The molecule has 1 aliphatic heterocycles. The van der Waals surface area contributed by atoms with E-state index in [1.165, 1.54) is 0 Å². The highest BCUT2D eigenvalue weighted by Gasteiger charge is 2.14. The number of carbonyl (C=O) groups excluding carboxylic acids is 1. The van der Waals surface area contributed by atoms with E-state index in [0.717, 1.165) is 6.42 Å². The third kappa shape index (κ3) is 4.99. The van der Waals surface area contributed by atoms with Gasteiger partial charge in [-0.2, -0.15) is 5.26 Å². The fourth-order valence-corrected chi connectivity index (χ4v) is 3.60. The van der Waals surface area contributed by atoms with Crippen molar-refractivity contribution in [2.45, 2.75) is 12.2 Å². The van der Waals surface area contributed by atoms with Crippen LogP contribution in [-0.2, 0) is 15.6 Å². The van der Waals surface area contributed by atoms with Crippen LogP contribution >= 0.6 is 0 Å². The molecule has 7 nitrogen and oxygen atoms in total. The summed E-state index contributed by atoms with van der Waals surface area (Å²) in [6, 6.07) is 13.1. The number of ether oxygens (including phenoxy) is 2. The molecule has 0 saturated carbocycles. The van der Waals surface area contributed by atoms with Gasteiger partial charge in [-0.1, -0.05) is 12.1 Å². The van der Waals surface area contributed by atoms with Crippen LogP contribution in [-0.4, -0.2) is 33.3 Å². The van der Waals surface area contributed by atoms with Crippen LogP contribution in [0.5, 0.6) is 11.5 Å². The predicted molar refractivity (Wildman–Crippen MR) is 99.5 cm³/mol. The molecule has 1 amide bonds. The maximum absolute atomic E-state index is 12.4. The highest BCUT2D eigenvalue weighted by atomic mass is 32.2. The summed E-state index contributed by atoms with van der Waals surface area (Å²) in [5.74, 6) is 0.150. The SMILES string of the molecule is N#CCS(=O)(=O)Cc1ccc(C(=O)Nc2ccc3c(c2)OCCCO3)cc1. The highest BCUT2D eigenvalue weighted by Crippen LogP contribution is 2.32. The Labute approximate surface area is 157 Å². The van der Waals surface area contributed by atoms with E-state index in [9.17, 15) is 13.2 Å². The topological polar surface area (TPSA) is 105 Å². The predicted octanol–water partition coefficient (Wildman–Crippen LogP) is 2.54. The maximum atomic E-state index is 12.4. The zero-order valence-corrected chi connectivity index (χ0v) is 15.3. The number of hydrogen-bond acceptors (Lipinski definition) is 6. The van der Waals surface area contributed by atoms with E-state index in [0.29, 0.717) is 41.5 Å². The van der Waals surface area contributed by atoms with Crippen LogP contribution in [0.25, 0.3) is 0 Å². The van der Waals surface area contributed by atoms with Gasteiger partial charge in [0.2, 0.25) is 0 Å². The molecule has 2 aromatic carbocycles. The van der Waals surface area contributed by atoms with Crippen molar-refractivity contribution in [3.63, 3.8) is 0 Å². The van der Waals surface area contributed by atoms with Gasteiger partial charge in [0.15, 0.2) is 21.3 Å². The van der Waals surface area contributed by atoms with Crippen molar-refractivity contribution in [1.29, 1.82) is 5.26 Å². The number of nitrogens with zero attached hydrogens (tertiary/aromatic N) is 1. The van der Waals surface area contributed by atoms with E-state index in [2.05, 4.69) is 5.32 Å². The van der Waals surface area contributed by atoms with Crippen molar-refractivity contribution < 1.29 is 22.7 Å². The lowest BCUT2D eigenvalue weighted by Gasteiger charge is -2.10. The van der Waals surface area contributed by atoms with E-state index in [4.69, 9.17) is 14.7 Å². The van der Waals surface area contributed by atoms with Gasteiger partial charge in [-0.25, -0.2) is 8.42 Å². The number of anilines is 1. The molecular weight excluding hydrogens is 368 g/mol. The third-order valence-corrected chi connectivity index (χ3v) is 5.23. The molecule has 140 valence electrons. The summed E-state index contributed by atoms with van der Waals surface area (Å²) in [5, 5.41) is 11.3. The van der Waals surface area contributed by atoms with Crippen LogP contribution in [0.4, 0.5) is 5.69 Å². The number of carbonyl (C=O) groups is 1. The number of hydrogen-bond donors (Lipinski definition) is 1. The van der Waals surface area contributed by atoms with Crippen LogP contribution in [0.1, 0.15) is 22.3 Å². The Morgan fingerprint density at radius 2 is 1.78 bits per heavy atom. The second-order valence-electron chi connectivity index (χ2n) is 6.05. The largest absolute Gasteiger partial charge is 0.490 e. The van der Waals surface area contributed by atoms with Crippen molar-refractivity contribution in [3.05, 3.63) is 53.6 Å². The van der Waals surface area contributed by atoms with Gasteiger partial charge in [-0.05, 0) is 29.8 Å². The Bertz CT molecular complexity index is 978. The molecule has 0 bridgehead atoms. The van der Waals surface area contributed by atoms with Crippen LogP contribution in [0, 0.1) is 11.3 Å². The zero-order valence-electron chi connectivity index (χ0n) is 14.5. The van der Waals surface area contributed by atoms with E-state index >= 15 is 0 Å². The normalized spacial score (nSPS) is 13.3. The first-order chi connectivity index (χ1) is 13.0. The van der Waals surface area contributed by atoms with E-state index in [1.54, 1.807) is 48.5 Å². The standard InChI is InChI=1S/C19H18N2O5S/c20-8-11-27(23,24)13-14-2-4-15(5-3-14)19(22)21-16-6-7-17-18(12-16)26-10-1-9-25-17/h2-7,12H,1,9-11,13H2,(H,21,22). The van der Waals surface area contributed by atoms with Gasteiger partial charge in [0.25, 0.3) is 5.91 Å². The maximum Gasteiger partial charge on any atom is 0.255 e. The van der Waals surface area contributed by atoms with Crippen molar-refractivity contribution in [2.24, 2.45) is 0 Å². The molecule has 0 saturated heterocycles. The molecule has 0 aliphatic carbocycles. The third-order valence-electron chi connectivity index (χ3n) is 3.89. The van der Waals surface area contributed by atoms with Gasteiger partial charge < -0.3 is 14.8 Å². The van der Waals surface area contributed by atoms with Crippen LogP contribution in [0.15, 0.2) is 42.5 Å². The number of nitriles is 1. The number of benzene rings is 2. The van der Waals surface area contributed by atoms with Gasteiger partial charge in [0.05, 0.1) is 25.0 Å². The number of amides is 1. The Balaban J connectivity index is 1.68. The Morgan fingerprint density at radius 3 is 2.48 bits per heavy atom. The second kappa shape index (κ2) is 8.10. The summed E-state index contributed by atoms with van der Waals surface area (Å²) in [6.07, 6.45) is 0.798. The lowest BCUT2D eigenvalue weighted by molar-refractivity contribution is 0.102. The molecule has 1 aliphatic rings. The van der Waals surface area contributed by atoms with Gasteiger partial charge in [0.1, 0.15) is 5.75 Å². The molecule has 0 radical (unpaired) electrons. The Kier molecular flexibility index (Phi) is 5.62. The number of sulfone groups is 1. The van der Waals surface area contributed by atoms with Gasteiger partial charge in [0, 0.05) is 23.7 Å². The molecule has 0 spiro atoms. The number of nitrogens with one attached hydrogen (secondary N) is 1. The molecule has 0 aromatic heterocycles. The monoisotopic (exact) mass is 386 g/mol. The molecule has 3 rings (SSSR count). The quantitative estimate of drug-likeness (QED) is 0.846. The summed E-state index contributed by atoms with van der Waals surface area (Å²) in [7, 11) is -3.47. The minimum atomic E-state index is -3.47. The molecule has 0 fully saturated rings. The zero-order chi connectivity index (χ0) is 19.3. The summed E-state index contributed by atoms with van der Waals surface area (Å²) in [4.78, 5) is 12.4. The minimum Gasteiger partial charge on any atom is -0.490 e. The van der Waals surface area contributed by atoms with Crippen molar-refractivity contribution in [3.8, 4) is 17.6 Å². The van der Waals surface area contributed by atoms with Gasteiger partial charge >= 0.3 is 0 Å². The fraction of sp³-hybridized carbons (Fsp3) is 0.263. The summed E-state index contributed by atoms with van der Waals surface area (Å²) in [6.45, 7) is 1.15. The summed E-state index contributed by atoms with van der Waals surface area (Å²) < 4.78 is 34.5. The molecule has 1 heterocycles. The second-order valence-corrected chi connectivity index (χ2v) is 8.12. The number of fused-ring (bicyclic) bond motifs is 1. The highest BCUT2D eigenvalue weighted by molar-refractivity contribution is 7.90. The average Bonchev–Trinajstić information content (AvgIpc) is 2.86. The van der Waals surface area contributed by atoms with Crippen LogP contribution in [0.3, 0.4) is 0 Å². The van der Waals surface area contributed by atoms with Crippen LogP contribution < -0.4 is 14.8 Å².